The van der Waals surface area contributed by atoms with E-state index in [2.05, 4.69) is 5.43 Å². The van der Waals surface area contributed by atoms with Crippen LogP contribution in [0.25, 0.3) is 0 Å². The fraction of sp³-hybridized carbons (Fsp3) is 0.286. The number of hydrogen-bond acceptors (Lipinski definition) is 7. The summed E-state index contributed by atoms with van der Waals surface area (Å²) in [6, 6.07) is 25.1. The molecule has 11 heteroatoms. The average molecular weight is 751 g/mol. The van der Waals surface area contributed by atoms with Gasteiger partial charge >= 0.3 is 0 Å². The number of phenolic OH excluding ortho intramolecular Hbond substituents is 1. The SMILES string of the molecule is COc1ccc(C23C(=O)N(Nc4ccc(Cl)cc4Cl)C(=O)C2CC2C(=CCC4C(=O)N(Cc5ccccc5)C(=O)C42)C3c2cc(C)c(O)c(C)c2)cc1. The highest BCUT2D eigenvalue weighted by Gasteiger charge is 2.70. The molecule has 4 aromatic rings. The minimum absolute atomic E-state index is 0.136. The third-order valence-electron chi connectivity index (χ3n) is 11.7. The predicted molar refractivity (Wildman–Crippen MR) is 200 cm³/mol. The molecule has 2 aliphatic carbocycles. The lowest BCUT2D eigenvalue weighted by atomic mass is 9.49. The number of carbonyl (C=O) groups excluding carboxylic acids is 4. The quantitative estimate of drug-likeness (QED) is 0.148. The third-order valence-corrected chi connectivity index (χ3v) is 12.2. The number of nitrogens with zero attached hydrogens (tertiary/aromatic N) is 2. The zero-order valence-corrected chi connectivity index (χ0v) is 30.8. The lowest BCUT2D eigenvalue weighted by molar-refractivity contribution is -0.142. The molecule has 53 heavy (non-hydrogen) atoms. The molecule has 1 saturated carbocycles. The zero-order chi connectivity index (χ0) is 37.3. The van der Waals surface area contributed by atoms with Gasteiger partial charge in [0.15, 0.2) is 0 Å². The van der Waals surface area contributed by atoms with Crippen molar-refractivity contribution in [3.8, 4) is 11.5 Å². The monoisotopic (exact) mass is 749 g/mol. The first kappa shape index (κ1) is 34.9. The summed E-state index contributed by atoms with van der Waals surface area (Å²) in [5, 5.41) is 12.6. The van der Waals surface area contributed by atoms with Crippen LogP contribution in [0.2, 0.25) is 10.0 Å². The summed E-state index contributed by atoms with van der Waals surface area (Å²) in [5.41, 5.74) is 6.06. The zero-order valence-electron chi connectivity index (χ0n) is 29.3. The van der Waals surface area contributed by atoms with Gasteiger partial charge in [0.25, 0.3) is 11.8 Å². The van der Waals surface area contributed by atoms with Crippen LogP contribution in [0.5, 0.6) is 11.5 Å². The number of anilines is 1. The molecule has 4 aromatic carbocycles. The van der Waals surface area contributed by atoms with Crippen molar-refractivity contribution in [1.82, 2.24) is 9.91 Å². The number of phenols is 1. The number of allylic oxidation sites excluding steroid dienone is 2. The van der Waals surface area contributed by atoms with Gasteiger partial charge in [-0.25, -0.2) is 0 Å². The molecule has 2 heterocycles. The predicted octanol–water partition coefficient (Wildman–Crippen LogP) is 7.51. The first-order chi connectivity index (χ1) is 25.4. The fourth-order valence-electron chi connectivity index (χ4n) is 9.36. The maximum atomic E-state index is 15.4. The van der Waals surface area contributed by atoms with Gasteiger partial charge in [0.1, 0.15) is 11.5 Å². The van der Waals surface area contributed by atoms with Crippen LogP contribution in [0.15, 0.2) is 96.6 Å². The number of fused-ring (bicyclic) bond motifs is 4. The number of imide groups is 2. The van der Waals surface area contributed by atoms with Gasteiger partial charge in [-0.15, -0.1) is 0 Å². The molecule has 3 fully saturated rings. The number of rotatable bonds is 7. The molecular formula is C42H37Cl2N3O6. The molecule has 2 N–H and O–H groups in total. The molecule has 4 aliphatic rings. The van der Waals surface area contributed by atoms with Crippen molar-refractivity contribution in [3.63, 3.8) is 0 Å². The molecule has 6 atom stereocenters. The van der Waals surface area contributed by atoms with Crippen molar-refractivity contribution in [1.29, 1.82) is 0 Å². The Labute approximate surface area is 317 Å². The standard InChI is InChI=1S/C42H37Cl2N3O6/c1-22-17-25(18-23(2)37(22)48)36-29-14-15-30-35(40(51)46(38(30)49)21-24-7-5-4-6-8-24)31(29)20-32-39(50)47(45-34-16-11-27(43)19-33(34)44)41(52)42(32,36)26-9-12-28(53-3)13-10-26/h4-14,16-19,30-32,35-36,45,48H,15,20-21H2,1-3H3. The number of ether oxygens (including phenoxy) is 1. The smallest absolute Gasteiger partial charge is 0.260 e. The second-order valence-electron chi connectivity index (χ2n) is 14.5. The highest BCUT2D eigenvalue weighted by molar-refractivity contribution is 6.36. The van der Waals surface area contributed by atoms with E-state index in [1.54, 1.807) is 45.2 Å². The van der Waals surface area contributed by atoms with Crippen LogP contribution in [0.1, 0.15) is 46.6 Å². The van der Waals surface area contributed by atoms with Gasteiger partial charge in [-0.2, -0.15) is 5.01 Å². The van der Waals surface area contributed by atoms with Gasteiger partial charge in [0.2, 0.25) is 11.8 Å². The largest absolute Gasteiger partial charge is 0.507 e. The number of likely N-dealkylation sites (tertiary alicyclic amines) is 1. The number of benzene rings is 4. The van der Waals surface area contributed by atoms with Gasteiger partial charge in [-0.3, -0.25) is 29.5 Å². The number of halogens is 2. The number of carbonyl (C=O) groups is 4. The molecule has 8 rings (SSSR count). The topological polar surface area (TPSA) is 116 Å². The lowest BCUT2D eigenvalue weighted by Crippen LogP contribution is -2.53. The van der Waals surface area contributed by atoms with Gasteiger partial charge in [0, 0.05) is 10.9 Å². The molecule has 9 nitrogen and oxygen atoms in total. The van der Waals surface area contributed by atoms with E-state index in [-0.39, 0.29) is 35.6 Å². The molecule has 0 aromatic heterocycles. The van der Waals surface area contributed by atoms with Crippen molar-refractivity contribution in [2.24, 2.45) is 23.7 Å². The summed E-state index contributed by atoms with van der Waals surface area (Å²) in [4.78, 5) is 60.2. The minimum Gasteiger partial charge on any atom is -0.507 e. The number of nitrogens with one attached hydrogen (secondary N) is 1. The Kier molecular flexibility index (Phi) is 8.62. The van der Waals surface area contributed by atoms with E-state index in [0.29, 0.717) is 39.6 Å². The van der Waals surface area contributed by atoms with Crippen molar-refractivity contribution >= 4 is 52.5 Å². The first-order valence-corrected chi connectivity index (χ1v) is 18.3. The summed E-state index contributed by atoms with van der Waals surface area (Å²) in [7, 11) is 1.56. The molecule has 2 aliphatic heterocycles. The van der Waals surface area contributed by atoms with Crippen LogP contribution in [0, 0.1) is 37.5 Å². The second kappa shape index (κ2) is 13.1. The molecule has 4 amide bonds. The summed E-state index contributed by atoms with van der Waals surface area (Å²) in [6.07, 6.45) is 2.49. The maximum absolute atomic E-state index is 15.4. The Morgan fingerprint density at radius 1 is 0.868 bits per heavy atom. The molecule has 0 bridgehead atoms. The maximum Gasteiger partial charge on any atom is 0.260 e. The van der Waals surface area contributed by atoms with E-state index >= 15 is 4.79 Å². The molecular weight excluding hydrogens is 713 g/mol. The number of aromatic hydroxyl groups is 1. The van der Waals surface area contributed by atoms with Gasteiger partial charge in [-0.1, -0.05) is 89.4 Å². The van der Waals surface area contributed by atoms with E-state index in [1.807, 2.05) is 60.7 Å². The Hall–Kier alpha value is -5.12. The summed E-state index contributed by atoms with van der Waals surface area (Å²) in [5.74, 6) is -4.26. The number of aryl methyl sites for hydroxylation is 2. The van der Waals surface area contributed by atoms with Crippen LogP contribution in [-0.4, -0.2) is 45.8 Å². The van der Waals surface area contributed by atoms with Crippen LogP contribution >= 0.6 is 23.2 Å². The molecule has 270 valence electrons. The van der Waals surface area contributed by atoms with Gasteiger partial charge in [0.05, 0.1) is 47.5 Å². The fourth-order valence-corrected chi connectivity index (χ4v) is 9.81. The Morgan fingerprint density at radius 2 is 1.57 bits per heavy atom. The molecule has 2 saturated heterocycles. The minimum atomic E-state index is -1.49. The highest BCUT2D eigenvalue weighted by atomic mass is 35.5. The van der Waals surface area contributed by atoms with Gasteiger partial charge < -0.3 is 9.84 Å². The Morgan fingerprint density at radius 3 is 2.23 bits per heavy atom. The number of hydrogen-bond donors (Lipinski definition) is 2. The lowest BCUT2D eigenvalue weighted by Gasteiger charge is -2.50. The van der Waals surface area contributed by atoms with Crippen LogP contribution in [0.4, 0.5) is 5.69 Å². The van der Waals surface area contributed by atoms with Crippen molar-refractivity contribution in [3.05, 3.63) is 134 Å². The average Bonchev–Trinajstić information content (AvgIpc) is 3.52. The third kappa shape index (κ3) is 5.35. The summed E-state index contributed by atoms with van der Waals surface area (Å²) < 4.78 is 5.49. The highest BCUT2D eigenvalue weighted by Crippen LogP contribution is 2.64. The summed E-state index contributed by atoms with van der Waals surface area (Å²) in [6.45, 7) is 3.75. The van der Waals surface area contributed by atoms with Gasteiger partial charge in [-0.05, 0) is 90.8 Å². The van der Waals surface area contributed by atoms with Crippen LogP contribution in [0.3, 0.4) is 0 Å². The van der Waals surface area contributed by atoms with Crippen molar-refractivity contribution in [2.45, 2.75) is 44.6 Å². The van der Waals surface area contributed by atoms with E-state index in [0.717, 1.165) is 21.7 Å². The van der Waals surface area contributed by atoms with E-state index in [9.17, 15) is 19.5 Å². The van der Waals surface area contributed by atoms with E-state index in [4.69, 9.17) is 27.9 Å². The first-order valence-electron chi connectivity index (χ1n) is 17.6. The van der Waals surface area contributed by atoms with Crippen LogP contribution in [-0.2, 0) is 31.1 Å². The Balaban J connectivity index is 1.32. The molecule has 0 radical (unpaired) electrons. The molecule has 6 unspecified atom stereocenters. The van der Waals surface area contributed by atoms with Crippen molar-refractivity contribution in [2.75, 3.05) is 12.5 Å². The number of amides is 4. The van der Waals surface area contributed by atoms with Crippen LogP contribution < -0.4 is 10.2 Å². The van der Waals surface area contributed by atoms with Crippen molar-refractivity contribution < 1.29 is 29.0 Å². The second-order valence-corrected chi connectivity index (χ2v) is 15.3. The number of methoxy groups -OCH3 is 1. The Bertz CT molecular complexity index is 2200. The summed E-state index contributed by atoms with van der Waals surface area (Å²) >= 11 is 12.7. The number of hydrazine groups is 1. The molecule has 0 spiro atoms. The van der Waals surface area contributed by atoms with E-state index in [1.165, 1.54) is 11.0 Å². The normalized spacial score (nSPS) is 26.3. The van der Waals surface area contributed by atoms with E-state index < -0.39 is 46.8 Å².